The summed E-state index contributed by atoms with van der Waals surface area (Å²) in [7, 11) is 0. The molecule has 3 rings (SSSR count). The molecule has 2 atom stereocenters. The highest BCUT2D eigenvalue weighted by Gasteiger charge is 2.59. The maximum atomic E-state index is 12.9. The average Bonchev–Trinajstić information content (AvgIpc) is 3.31. The van der Waals surface area contributed by atoms with Gasteiger partial charge in [-0.1, -0.05) is 94.8 Å². The minimum absolute atomic E-state index is 0.327. The summed E-state index contributed by atoms with van der Waals surface area (Å²) in [6, 6.07) is 15.5. The van der Waals surface area contributed by atoms with Gasteiger partial charge in [0, 0.05) is 19.8 Å². The zero-order chi connectivity index (χ0) is 28.3. The molecule has 0 radical (unpaired) electrons. The van der Waals surface area contributed by atoms with E-state index in [0.29, 0.717) is 38.6 Å². The maximum absolute atomic E-state index is 12.9. The highest BCUT2D eigenvalue weighted by atomic mass is 16.9. The SMILES string of the molecule is CCCCC(CCCCCCC(C)c1cccc2c1Cc1ccccc1-2)(C(=O)O)C(OCC)(OCC)OCC. The molecule has 216 valence electrons. The molecule has 5 heteroatoms. The van der Waals surface area contributed by atoms with Crippen LogP contribution in [0, 0.1) is 5.41 Å². The first kappa shape index (κ1) is 31.3. The zero-order valence-corrected chi connectivity index (χ0v) is 24.9. The first-order valence-corrected chi connectivity index (χ1v) is 15.2. The third kappa shape index (κ3) is 6.93. The number of ether oxygens (including phenoxy) is 3. The number of carboxylic acid groups (broad SMARTS) is 1. The molecule has 1 aliphatic carbocycles. The molecule has 0 spiro atoms. The van der Waals surface area contributed by atoms with Gasteiger partial charge in [0.15, 0.2) is 0 Å². The second kappa shape index (κ2) is 15.0. The first-order chi connectivity index (χ1) is 18.9. The summed E-state index contributed by atoms with van der Waals surface area (Å²) in [5.74, 6) is -1.95. The van der Waals surface area contributed by atoms with E-state index in [2.05, 4.69) is 56.3 Å². The Morgan fingerprint density at radius 3 is 2.08 bits per heavy atom. The number of carboxylic acids is 1. The molecule has 0 bridgehead atoms. The summed E-state index contributed by atoms with van der Waals surface area (Å²) in [6.45, 7) is 11.0. The van der Waals surface area contributed by atoms with E-state index in [-0.39, 0.29) is 0 Å². The van der Waals surface area contributed by atoms with Crippen molar-refractivity contribution in [2.45, 2.75) is 111 Å². The Labute approximate surface area is 236 Å². The Balaban J connectivity index is 1.61. The Kier molecular flexibility index (Phi) is 12.0. The van der Waals surface area contributed by atoms with Gasteiger partial charge in [-0.3, -0.25) is 4.79 Å². The molecule has 0 heterocycles. The van der Waals surface area contributed by atoms with Gasteiger partial charge in [0.1, 0.15) is 5.41 Å². The minimum atomic E-state index is -1.56. The summed E-state index contributed by atoms with van der Waals surface area (Å²) in [5, 5.41) is 10.6. The fourth-order valence-corrected chi connectivity index (χ4v) is 6.39. The van der Waals surface area contributed by atoms with Crippen molar-refractivity contribution in [3.8, 4) is 11.1 Å². The lowest BCUT2D eigenvalue weighted by Gasteiger charge is -2.46. The lowest BCUT2D eigenvalue weighted by atomic mass is 9.75. The van der Waals surface area contributed by atoms with Gasteiger partial charge in [0.2, 0.25) is 0 Å². The fourth-order valence-electron chi connectivity index (χ4n) is 6.39. The molecule has 5 nitrogen and oxygen atoms in total. The van der Waals surface area contributed by atoms with Crippen LogP contribution in [0.1, 0.15) is 115 Å². The molecular weight excluding hydrogens is 488 g/mol. The number of hydrogen-bond donors (Lipinski definition) is 1. The molecule has 0 aliphatic heterocycles. The zero-order valence-electron chi connectivity index (χ0n) is 24.9. The topological polar surface area (TPSA) is 65.0 Å². The van der Waals surface area contributed by atoms with E-state index in [1.165, 1.54) is 27.8 Å². The average molecular weight is 539 g/mol. The van der Waals surface area contributed by atoms with Crippen LogP contribution in [0.15, 0.2) is 42.5 Å². The standard InChI is InChI=1S/C34H50O5/c1-6-10-23-33(32(35)36,34(37-7-2,38-8-3)39-9-4)24-16-12-11-13-18-26(5)28-21-17-22-30-29-20-15-14-19-27(29)25-31(28)30/h14-15,17,19-22,26H,6-13,16,18,23-25H2,1-5H3,(H,35,36). The molecule has 39 heavy (non-hydrogen) atoms. The molecule has 0 fully saturated rings. The lowest BCUT2D eigenvalue weighted by molar-refractivity contribution is -0.423. The summed E-state index contributed by atoms with van der Waals surface area (Å²) in [6.07, 6.45) is 8.78. The second-order valence-electron chi connectivity index (χ2n) is 10.9. The number of rotatable bonds is 19. The van der Waals surface area contributed by atoms with Crippen LogP contribution in [0.5, 0.6) is 0 Å². The predicted molar refractivity (Wildman–Crippen MR) is 158 cm³/mol. The van der Waals surface area contributed by atoms with Gasteiger partial charge in [-0.05, 0) is 80.2 Å². The van der Waals surface area contributed by atoms with E-state index in [1.54, 1.807) is 0 Å². The largest absolute Gasteiger partial charge is 0.481 e. The normalized spacial score (nSPS) is 15.0. The molecule has 2 aromatic rings. The van der Waals surface area contributed by atoms with Crippen molar-refractivity contribution < 1.29 is 24.1 Å². The number of aliphatic carboxylic acids is 1. The molecule has 2 aromatic carbocycles. The van der Waals surface area contributed by atoms with Crippen LogP contribution in [0.25, 0.3) is 11.1 Å². The smallest absolute Gasteiger partial charge is 0.317 e. The van der Waals surface area contributed by atoms with Crippen molar-refractivity contribution >= 4 is 5.97 Å². The molecule has 0 amide bonds. The molecule has 0 saturated carbocycles. The minimum Gasteiger partial charge on any atom is -0.481 e. The van der Waals surface area contributed by atoms with Crippen LogP contribution in [-0.4, -0.2) is 36.9 Å². The Bertz CT molecular complexity index is 1030. The fraction of sp³-hybridized carbons (Fsp3) is 0.618. The van der Waals surface area contributed by atoms with E-state index in [0.717, 1.165) is 51.4 Å². The second-order valence-corrected chi connectivity index (χ2v) is 10.9. The predicted octanol–water partition coefficient (Wildman–Crippen LogP) is 8.73. The third-order valence-electron chi connectivity index (χ3n) is 8.36. The van der Waals surface area contributed by atoms with E-state index in [4.69, 9.17) is 14.2 Å². The van der Waals surface area contributed by atoms with Gasteiger partial charge in [-0.25, -0.2) is 0 Å². The first-order valence-electron chi connectivity index (χ1n) is 15.2. The van der Waals surface area contributed by atoms with Gasteiger partial charge in [-0.15, -0.1) is 0 Å². The van der Waals surface area contributed by atoms with E-state index >= 15 is 0 Å². The molecule has 0 aromatic heterocycles. The summed E-state index contributed by atoms with van der Waals surface area (Å²) in [4.78, 5) is 12.9. The van der Waals surface area contributed by atoms with Crippen LogP contribution in [0.4, 0.5) is 0 Å². The van der Waals surface area contributed by atoms with Crippen LogP contribution < -0.4 is 0 Å². The lowest BCUT2D eigenvalue weighted by Crippen LogP contribution is -2.58. The van der Waals surface area contributed by atoms with Crippen molar-refractivity contribution in [3.05, 3.63) is 59.2 Å². The summed E-state index contributed by atoms with van der Waals surface area (Å²) < 4.78 is 18.1. The van der Waals surface area contributed by atoms with Crippen LogP contribution >= 0.6 is 0 Å². The third-order valence-corrected chi connectivity index (χ3v) is 8.36. The van der Waals surface area contributed by atoms with Gasteiger partial charge in [0.05, 0.1) is 0 Å². The van der Waals surface area contributed by atoms with E-state index in [9.17, 15) is 9.90 Å². The molecule has 0 saturated heterocycles. The van der Waals surface area contributed by atoms with Crippen molar-refractivity contribution in [2.24, 2.45) is 5.41 Å². The highest BCUT2D eigenvalue weighted by Crippen LogP contribution is 2.46. The molecule has 1 N–H and O–H groups in total. The number of benzene rings is 2. The number of unbranched alkanes of at least 4 members (excludes halogenated alkanes) is 4. The monoisotopic (exact) mass is 538 g/mol. The summed E-state index contributed by atoms with van der Waals surface area (Å²) in [5.41, 5.74) is 5.94. The van der Waals surface area contributed by atoms with Gasteiger partial charge in [0.25, 0.3) is 5.97 Å². The summed E-state index contributed by atoms with van der Waals surface area (Å²) >= 11 is 0. The Hall–Kier alpha value is -2.21. The van der Waals surface area contributed by atoms with Gasteiger partial charge < -0.3 is 19.3 Å². The number of carbonyl (C=O) groups is 1. The number of hydrogen-bond acceptors (Lipinski definition) is 4. The van der Waals surface area contributed by atoms with Crippen molar-refractivity contribution in [2.75, 3.05) is 19.8 Å². The maximum Gasteiger partial charge on any atom is 0.317 e. The van der Waals surface area contributed by atoms with Gasteiger partial charge >= 0.3 is 5.97 Å². The number of fused-ring (bicyclic) bond motifs is 3. The van der Waals surface area contributed by atoms with Crippen LogP contribution in [0.3, 0.4) is 0 Å². The van der Waals surface area contributed by atoms with Crippen LogP contribution in [-0.2, 0) is 25.4 Å². The van der Waals surface area contributed by atoms with E-state index < -0.39 is 17.4 Å². The quantitative estimate of drug-likeness (QED) is 0.122. The van der Waals surface area contributed by atoms with Crippen LogP contribution in [0.2, 0.25) is 0 Å². The molecular formula is C34H50O5. The van der Waals surface area contributed by atoms with E-state index in [1.807, 2.05) is 20.8 Å². The molecule has 2 unspecified atom stereocenters. The van der Waals surface area contributed by atoms with Crippen molar-refractivity contribution in [1.29, 1.82) is 0 Å². The van der Waals surface area contributed by atoms with Crippen molar-refractivity contribution in [3.63, 3.8) is 0 Å². The van der Waals surface area contributed by atoms with Crippen molar-refractivity contribution in [1.82, 2.24) is 0 Å². The highest BCUT2D eigenvalue weighted by molar-refractivity contribution is 5.78. The molecule has 1 aliphatic rings. The van der Waals surface area contributed by atoms with Gasteiger partial charge in [-0.2, -0.15) is 0 Å². The Morgan fingerprint density at radius 2 is 1.44 bits per heavy atom. The Morgan fingerprint density at radius 1 is 0.821 bits per heavy atom.